The van der Waals surface area contributed by atoms with Gasteiger partial charge in [-0.25, -0.2) is 18.1 Å². The smallest absolute Gasteiger partial charge is 0.268 e. The van der Waals surface area contributed by atoms with Gasteiger partial charge in [-0.05, 0) is 103 Å². The minimum atomic E-state index is -4.46. The summed E-state index contributed by atoms with van der Waals surface area (Å²) in [5.41, 5.74) is 5.65. The average molecular weight is 823 g/mol. The molecule has 12 nitrogen and oxygen atoms in total. The molecule has 0 unspecified atom stereocenters. The van der Waals surface area contributed by atoms with E-state index in [2.05, 4.69) is 51.3 Å². The van der Waals surface area contributed by atoms with Crippen LogP contribution in [0.25, 0.3) is 16.5 Å². The summed E-state index contributed by atoms with van der Waals surface area (Å²) in [7, 11) is -4.46. The maximum atomic E-state index is 13.8. The number of carbonyl (C=O) groups is 1. The highest BCUT2D eigenvalue weighted by Gasteiger charge is 2.28. The second-order valence-electron chi connectivity index (χ2n) is 15.5. The summed E-state index contributed by atoms with van der Waals surface area (Å²) < 4.78 is 46.7. The molecule has 5 aromatic rings. The lowest BCUT2D eigenvalue weighted by Crippen LogP contribution is -2.31. The zero-order valence-electron chi connectivity index (χ0n) is 32.6. The fraction of sp³-hybridized carbons (Fsp3) is 0.341. The van der Waals surface area contributed by atoms with E-state index in [1.54, 1.807) is 24.4 Å². The number of ether oxygens (including phenoxy) is 3. The van der Waals surface area contributed by atoms with Crippen molar-refractivity contribution >= 4 is 49.7 Å². The van der Waals surface area contributed by atoms with E-state index < -0.39 is 15.9 Å². The molecular formula is C44H47ClN6O6S. The third kappa shape index (κ3) is 10.00. The van der Waals surface area contributed by atoms with E-state index in [1.165, 1.54) is 22.8 Å². The highest BCUT2D eigenvalue weighted by atomic mass is 35.5. The van der Waals surface area contributed by atoms with Gasteiger partial charge in [0, 0.05) is 66.7 Å². The predicted octanol–water partition coefficient (Wildman–Crippen LogP) is 8.47. The number of halogens is 1. The summed E-state index contributed by atoms with van der Waals surface area (Å²) in [5.74, 6) is -0.00684. The molecule has 1 aliphatic carbocycles. The number of hydrogen-bond acceptors (Lipinski definition) is 10. The summed E-state index contributed by atoms with van der Waals surface area (Å²) in [4.78, 5) is 20.7. The van der Waals surface area contributed by atoms with Crippen LogP contribution in [-0.2, 0) is 14.8 Å². The normalized spacial score (nSPS) is 15.8. The first-order valence-corrected chi connectivity index (χ1v) is 21.3. The Balaban J connectivity index is 1.05. The van der Waals surface area contributed by atoms with Crippen molar-refractivity contribution in [2.24, 2.45) is 11.3 Å². The number of nitriles is 1. The summed E-state index contributed by atoms with van der Waals surface area (Å²) in [6.45, 7) is 8.24. The molecule has 58 heavy (non-hydrogen) atoms. The number of sulfonamides is 1. The molecule has 1 saturated heterocycles. The standard InChI is InChI=1S/C44H47ClN6O6S/c1-44(2)16-12-31(38(24-44)30-6-8-33(45)9-7-30)26-47-18-19-48-34-10-11-37(41(23-34)57-40-5-3-4-39-36(40)13-17-49-39)42(52)51-58(53,54)35-22-32(25-46)43(50-27-35)56-28-29-14-20-55-21-15-29/h3-11,13,17,22-23,27,29,47-49H,12,14-16,18-21,24,26,28H2,1-2H3,(H,51,52). The number of rotatable bonds is 15. The number of hydrogen-bond donors (Lipinski definition) is 4. The van der Waals surface area contributed by atoms with Crippen LogP contribution in [0, 0.1) is 22.7 Å². The number of pyridine rings is 1. The van der Waals surface area contributed by atoms with Crippen molar-refractivity contribution in [2.75, 3.05) is 44.8 Å². The molecule has 4 N–H and O–H groups in total. The zero-order valence-corrected chi connectivity index (χ0v) is 34.1. The van der Waals surface area contributed by atoms with Crippen LogP contribution in [0.15, 0.2) is 95.7 Å². The third-order valence-electron chi connectivity index (χ3n) is 10.6. The monoisotopic (exact) mass is 822 g/mol. The third-order valence-corrected chi connectivity index (χ3v) is 12.2. The highest BCUT2D eigenvalue weighted by molar-refractivity contribution is 7.90. The van der Waals surface area contributed by atoms with Crippen molar-refractivity contribution in [1.82, 2.24) is 20.0 Å². The number of allylic oxidation sites excluding steroid dienone is 1. The maximum Gasteiger partial charge on any atom is 0.268 e. The number of H-pyrrole nitrogens is 1. The Morgan fingerprint density at radius 2 is 1.86 bits per heavy atom. The van der Waals surface area contributed by atoms with Gasteiger partial charge in [0.2, 0.25) is 5.88 Å². The van der Waals surface area contributed by atoms with E-state index in [4.69, 9.17) is 25.8 Å². The number of anilines is 1. The van der Waals surface area contributed by atoms with Gasteiger partial charge >= 0.3 is 0 Å². The van der Waals surface area contributed by atoms with Gasteiger partial charge in [0.1, 0.15) is 28.0 Å². The Hall–Kier alpha value is -5.39. The number of aromatic amines is 1. The first-order chi connectivity index (χ1) is 28.0. The van der Waals surface area contributed by atoms with Crippen LogP contribution in [0.3, 0.4) is 0 Å². The molecule has 302 valence electrons. The second kappa shape index (κ2) is 18.0. The molecule has 3 aromatic carbocycles. The van der Waals surface area contributed by atoms with Gasteiger partial charge in [-0.1, -0.05) is 49.2 Å². The van der Waals surface area contributed by atoms with Crippen LogP contribution >= 0.6 is 11.6 Å². The van der Waals surface area contributed by atoms with E-state index in [0.29, 0.717) is 44.3 Å². The minimum absolute atomic E-state index is 0.00782. The fourth-order valence-electron chi connectivity index (χ4n) is 7.31. The lowest BCUT2D eigenvalue weighted by Gasteiger charge is -2.34. The van der Waals surface area contributed by atoms with E-state index >= 15 is 0 Å². The Labute approximate surface area is 344 Å². The number of carbonyl (C=O) groups excluding carboxylic acids is 1. The Morgan fingerprint density at radius 3 is 2.66 bits per heavy atom. The topological polar surface area (TPSA) is 167 Å². The van der Waals surface area contributed by atoms with Crippen molar-refractivity contribution in [1.29, 1.82) is 5.26 Å². The van der Waals surface area contributed by atoms with E-state index in [-0.39, 0.29) is 39.0 Å². The molecule has 2 aromatic heterocycles. The summed E-state index contributed by atoms with van der Waals surface area (Å²) in [6, 6.07) is 23.5. The quantitative estimate of drug-likeness (QED) is 0.0752. The highest BCUT2D eigenvalue weighted by Crippen LogP contribution is 2.43. The van der Waals surface area contributed by atoms with E-state index in [1.807, 2.05) is 36.4 Å². The Morgan fingerprint density at radius 1 is 1.05 bits per heavy atom. The van der Waals surface area contributed by atoms with Crippen molar-refractivity contribution in [3.8, 4) is 23.4 Å². The van der Waals surface area contributed by atoms with Crippen molar-refractivity contribution in [2.45, 2.75) is 50.8 Å². The Bertz CT molecular complexity index is 2450. The summed E-state index contributed by atoms with van der Waals surface area (Å²) in [5, 5.41) is 18.3. The van der Waals surface area contributed by atoms with Gasteiger partial charge in [-0.3, -0.25) is 4.79 Å². The van der Waals surface area contributed by atoms with E-state index in [9.17, 15) is 18.5 Å². The number of amides is 1. The van der Waals surface area contributed by atoms with E-state index in [0.717, 1.165) is 66.8 Å². The number of nitrogens with one attached hydrogen (secondary N) is 4. The number of nitrogens with zero attached hydrogens (tertiary/aromatic N) is 2. The Kier molecular flexibility index (Phi) is 12.7. The predicted molar refractivity (Wildman–Crippen MR) is 225 cm³/mol. The van der Waals surface area contributed by atoms with Crippen LogP contribution in [0.2, 0.25) is 5.02 Å². The molecule has 7 rings (SSSR count). The van der Waals surface area contributed by atoms with Crippen LogP contribution in [0.4, 0.5) is 5.69 Å². The molecule has 2 aliphatic rings. The van der Waals surface area contributed by atoms with Gasteiger partial charge in [-0.15, -0.1) is 0 Å². The molecular weight excluding hydrogens is 776 g/mol. The zero-order chi connectivity index (χ0) is 40.7. The van der Waals surface area contributed by atoms with Crippen LogP contribution in [0.5, 0.6) is 17.4 Å². The molecule has 3 heterocycles. The van der Waals surface area contributed by atoms with Gasteiger partial charge < -0.3 is 29.8 Å². The van der Waals surface area contributed by atoms with Crippen LogP contribution < -0.4 is 24.8 Å². The summed E-state index contributed by atoms with van der Waals surface area (Å²) in [6.07, 6.45) is 7.65. The van der Waals surface area contributed by atoms with Gasteiger partial charge in [-0.2, -0.15) is 5.26 Å². The second-order valence-corrected chi connectivity index (χ2v) is 17.6. The largest absolute Gasteiger partial charge is 0.476 e. The van der Waals surface area contributed by atoms with Crippen molar-refractivity contribution in [3.05, 3.63) is 112 Å². The van der Waals surface area contributed by atoms with Gasteiger partial charge in [0.25, 0.3) is 15.9 Å². The number of aromatic nitrogens is 2. The SMILES string of the molecule is CC1(C)CCC(CNCCNc2ccc(C(=O)NS(=O)(=O)c3cnc(OCC4CCOCC4)c(C#N)c3)c(Oc3cccc4[nH]ccc34)c2)=C(c2ccc(Cl)cc2)C1. The van der Waals surface area contributed by atoms with Crippen LogP contribution in [0.1, 0.15) is 67.4 Å². The van der Waals surface area contributed by atoms with Crippen molar-refractivity contribution < 1.29 is 27.4 Å². The maximum absolute atomic E-state index is 13.8. The molecule has 0 radical (unpaired) electrons. The molecule has 1 fully saturated rings. The van der Waals surface area contributed by atoms with Gasteiger partial charge in [0.15, 0.2) is 0 Å². The summed E-state index contributed by atoms with van der Waals surface area (Å²) >= 11 is 6.19. The molecule has 14 heteroatoms. The molecule has 0 saturated carbocycles. The number of fused-ring (bicyclic) bond motifs is 1. The minimum Gasteiger partial charge on any atom is -0.476 e. The van der Waals surface area contributed by atoms with Gasteiger partial charge in [0.05, 0.1) is 18.4 Å². The average Bonchev–Trinajstić information content (AvgIpc) is 3.71. The molecule has 0 spiro atoms. The molecule has 1 amide bonds. The first-order valence-electron chi connectivity index (χ1n) is 19.5. The molecule has 0 atom stereocenters. The molecule has 0 bridgehead atoms. The number of benzene rings is 3. The lowest BCUT2D eigenvalue weighted by molar-refractivity contribution is 0.0490. The lowest BCUT2D eigenvalue weighted by atomic mass is 9.72. The molecule has 1 aliphatic heterocycles. The fourth-order valence-corrected chi connectivity index (χ4v) is 8.37. The van der Waals surface area contributed by atoms with Crippen LogP contribution in [-0.4, -0.2) is 63.7 Å². The first kappa shape index (κ1) is 40.8. The van der Waals surface area contributed by atoms with Crippen molar-refractivity contribution in [3.63, 3.8) is 0 Å².